The van der Waals surface area contributed by atoms with Crippen LogP contribution in [0.2, 0.25) is 0 Å². The molecule has 2 heterocycles. The second-order valence-corrected chi connectivity index (χ2v) is 10.0. The second kappa shape index (κ2) is 11.6. The number of hydrogen-bond acceptors (Lipinski definition) is 6. The lowest BCUT2D eigenvalue weighted by Crippen LogP contribution is -2.49. The summed E-state index contributed by atoms with van der Waals surface area (Å²) in [6.07, 6.45) is 1.21. The molecule has 1 amide bonds. The summed E-state index contributed by atoms with van der Waals surface area (Å²) in [6.45, 7) is 8.61. The van der Waals surface area contributed by atoms with Gasteiger partial charge >= 0.3 is 11.7 Å². The smallest absolute Gasteiger partial charge is 0.352 e. The summed E-state index contributed by atoms with van der Waals surface area (Å²) in [5, 5.41) is 4.28. The van der Waals surface area contributed by atoms with Crippen molar-refractivity contribution in [2.24, 2.45) is 5.92 Å². The van der Waals surface area contributed by atoms with E-state index in [-0.39, 0.29) is 31.4 Å². The average molecular weight is 519 g/mol. The van der Waals surface area contributed by atoms with E-state index in [9.17, 15) is 19.2 Å². The minimum atomic E-state index is -0.756. The van der Waals surface area contributed by atoms with Gasteiger partial charge in [0.1, 0.15) is 0 Å². The lowest BCUT2D eigenvalue weighted by molar-refractivity contribution is -0.149. The Balaban J connectivity index is 1.78. The molecule has 0 bridgehead atoms. The van der Waals surface area contributed by atoms with Crippen molar-refractivity contribution in [3.63, 3.8) is 0 Å². The monoisotopic (exact) mass is 518 g/mol. The normalized spacial score (nSPS) is 15.5. The molecule has 0 aliphatic carbocycles. The maximum atomic E-state index is 13.6. The van der Waals surface area contributed by atoms with Gasteiger partial charge in [-0.05, 0) is 55.9 Å². The van der Waals surface area contributed by atoms with Crippen molar-refractivity contribution in [2.75, 3.05) is 19.7 Å². The molecule has 1 unspecified atom stereocenters. The SMILES string of the molecule is CCOC(=O)C1CCCN(C(=O)c2nn(-c3ccc(C(C)C)cc3)c(=O)n(Cc3ccc(C)cc3)c2=O)C1. The average Bonchev–Trinajstić information content (AvgIpc) is 2.92. The zero-order valence-electron chi connectivity index (χ0n) is 22.3. The quantitative estimate of drug-likeness (QED) is 0.445. The zero-order valence-corrected chi connectivity index (χ0v) is 22.3. The number of piperidine rings is 1. The van der Waals surface area contributed by atoms with Gasteiger partial charge in [-0.1, -0.05) is 55.8 Å². The van der Waals surface area contributed by atoms with Gasteiger partial charge in [-0.3, -0.25) is 19.0 Å². The molecule has 0 saturated carbocycles. The molecule has 1 atom stereocenters. The second-order valence-electron chi connectivity index (χ2n) is 10.0. The number of rotatable bonds is 7. The number of ether oxygens (including phenoxy) is 1. The molecule has 1 aromatic heterocycles. The molecule has 3 aromatic rings. The molecule has 0 spiro atoms. The van der Waals surface area contributed by atoms with Crippen molar-refractivity contribution in [1.82, 2.24) is 19.2 Å². The molecule has 1 fully saturated rings. The van der Waals surface area contributed by atoms with Crippen molar-refractivity contribution >= 4 is 11.9 Å². The predicted octanol–water partition coefficient (Wildman–Crippen LogP) is 3.29. The van der Waals surface area contributed by atoms with E-state index in [0.717, 1.165) is 25.9 Å². The fraction of sp³-hybridized carbons (Fsp3) is 0.414. The highest BCUT2D eigenvalue weighted by Gasteiger charge is 2.32. The molecule has 38 heavy (non-hydrogen) atoms. The maximum absolute atomic E-state index is 13.6. The summed E-state index contributed by atoms with van der Waals surface area (Å²) in [4.78, 5) is 54.5. The Bertz CT molecular complexity index is 1420. The molecular formula is C29H34N4O5. The van der Waals surface area contributed by atoms with Gasteiger partial charge in [0.25, 0.3) is 11.5 Å². The first-order valence-electron chi connectivity index (χ1n) is 13.1. The summed E-state index contributed by atoms with van der Waals surface area (Å²) in [7, 11) is 0. The number of aryl methyl sites for hydroxylation is 1. The van der Waals surface area contributed by atoms with Crippen molar-refractivity contribution < 1.29 is 14.3 Å². The number of nitrogens with zero attached hydrogens (tertiary/aromatic N) is 4. The Morgan fingerprint density at radius 1 is 1.05 bits per heavy atom. The molecule has 9 heteroatoms. The lowest BCUT2D eigenvalue weighted by Gasteiger charge is -2.31. The number of benzene rings is 2. The number of carbonyl (C=O) groups excluding carboxylic acids is 2. The molecular weight excluding hydrogens is 484 g/mol. The van der Waals surface area contributed by atoms with E-state index < -0.39 is 23.1 Å². The van der Waals surface area contributed by atoms with Crippen LogP contribution in [0.5, 0.6) is 0 Å². The van der Waals surface area contributed by atoms with Crippen LogP contribution in [-0.2, 0) is 16.1 Å². The topological polar surface area (TPSA) is 104 Å². The minimum absolute atomic E-state index is 0.00370. The molecule has 200 valence electrons. The van der Waals surface area contributed by atoms with Crippen LogP contribution in [-0.4, -0.2) is 50.8 Å². The fourth-order valence-corrected chi connectivity index (χ4v) is 4.60. The molecule has 1 saturated heterocycles. The Kier molecular flexibility index (Phi) is 8.24. The van der Waals surface area contributed by atoms with Crippen molar-refractivity contribution in [3.05, 3.63) is 91.8 Å². The van der Waals surface area contributed by atoms with Crippen molar-refractivity contribution in [2.45, 2.75) is 53.0 Å². The molecule has 4 rings (SSSR count). The first-order valence-corrected chi connectivity index (χ1v) is 13.1. The molecule has 0 radical (unpaired) electrons. The Labute approximate surface area is 221 Å². The van der Waals surface area contributed by atoms with Gasteiger partial charge in [-0.25, -0.2) is 4.79 Å². The van der Waals surface area contributed by atoms with Crippen LogP contribution in [0.15, 0.2) is 58.1 Å². The van der Waals surface area contributed by atoms with E-state index in [1.165, 1.54) is 4.90 Å². The van der Waals surface area contributed by atoms with Gasteiger partial charge in [0, 0.05) is 13.1 Å². The van der Waals surface area contributed by atoms with Crippen LogP contribution in [0.3, 0.4) is 0 Å². The summed E-state index contributed by atoms with van der Waals surface area (Å²) in [5.41, 5.74) is 1.60. The number of carbonyl (C=O) groups is 2. The third-order valence-corrected chi connectivity index (χ3v) is 6.86. The first-order chi connectivity index (χ1) is 18.2. The molecule has 1 aliphatic heterocycles. The third-order valence-electron chi connectivity index (χ3n) is 6.86. The summed E-state index contributed by atoms with van der Waals surface area (Å²) < 4.78 is 7.31. The highest BCUT2D eigenvalue weighted by atomic mass is 16.5. The highest BCUT2D eigenvalue weighted by Crippen LogP contribution is 2.20. The van der Waals surface area contributed by atoms with Gasteiger partial charge in [0.05, 0.1) is 24.8 Å². The van der Waals surface area contributed by atoms with Gasteiger partial charge in [0.15, 0.2) is 0 Å². The molecule has 9 nitrogen and oxygen atoms in total. The van der Waals surface area contributed by atoms with Crippen molar-refractivity contribution in [1.29, 1.82) is 0 Å². The standard InChI is InChI=1S/C29H34N4O5/c1-5-38-28(36)23-7-6-16-31(18-23)26(34)25-27(35)32(17-21-10-8-20(4)9-11-21)29(37)33(30-25)24-14-12-22(13-15-24)19(2)3/h8-15,19,23H,5-7,16-18H2,1-4H3. The van der Waals surface area contributed by atoms with Gasteiger partial charge in [-0.2, -0.15) is 9.78 Å². The molecule has 1 aliphatic rings. The van der Waals surface area contributed by atoms with Crippen LogP contribution in [0.4, 0.5) is 0 Å². The fourth-order valence-electron chi connectivity index (χ4n) is 4.60. The Morgan fingerprint density at radius 2 is 1.74 bits per heavy atom. The van der Waals surface area contributed by atoms with Crippen LogP contribution < -0.4 is 11.2 Å². The summed E-state index contributed by atoms with van der Waals surface area (Å²) in [6, 6.07) is 14.8. The van der Waals surface area contributed by atoms with E-state index in [2.05, 4.69) is 18.9 Å². The van der Waals surface area contributed by atoms with Gasteiger partial charge in [0.2, 0.25) is 5.69 Å². The van der Waals surface area contributed by atoms with E-state index in [1.807, 2.05) is 43.3 Å². The maximum Gasteiger partial charge on any atom is 0.352 e. The third kappa shape index (κ3) is 5.77. The van der Waals surface area contributed by atoms with Crippen LogP contribution in [0.25, 0.3) is 5.69 Å². The number of likely N-dealkylation sites (tertiary alicyclic amines) is 1. The van der Waals surface area contributed by atoms with Gasteiger partial charge < -0.3 is 9.64 Å². The zero-order chi connectivity index (χ0) is 27.4. The Morgan fingerprint density at radius 3 is 2.37 bits per heavy atom. The molecule has 2 aromatic carbocycles. The van der Waals surface area contributed by atoms with E-state index in [4.69, 9.17) is 4.74 Å². The summed E-state index contributed by atoms with van der Waals surface area (Å²) >= 11 is 0. The van der Waals surface area contributed by atoms with Crippen LogP contribution in [0.1, 0.15) is 66.7 Å². The van der Waals surface area contributed by atoms with Crippen LogP contribution >= 0.6 is 0 Å². The van der Waals surface area contributed by atoms with Gasteiger partial charge in [-0.15, -0.1) is 0 Å². The van der Waals surface area contributed by atoms with E-state index in [1.54, 1.807) is 19.1 Å². The van der Waals surface area contributed by atoms with E-state index in [0.29, 0.717) is 31.0 Å². The Hall–Kier alpha value is -4.01. The number of hydrogen-bond donors (Lipinski definition) is 0. The number of esters is 1. The lowest BCUT2D eigenvalue weighted by atomic mass is 9.98. The minimum Gasteiger partial charge on any atom is -0.466 e. The van der Waals surface area contributed by atoms with Crippen molar-refractivity contribution in [3.8, 4) is 5.69 Å². The number of aromatic nitrogens is 3. The highest BCUT2D eigenvalue weighted by molar-refractivity contribution is 5.92. The van der Waals surface area contributed by atoms with E-state index >= 15 is 0 Å². The molecule has 0 N–H and O–H groups in total. The first kappa shape index (κ1) is 27.0. The largest absolute Gasteiger partial charge is 0.466 e. The number of amides is 1. The summed E-state index contributed by atoms with van der Waals surface area (Å²) in [5.74, 6) is -1.12. The van der Waals surface area contributed by atoms with Crippen LogP contribution in [0, 0.1) is 12.8 Å². The predicted molar refractivity (Wildman–Crippen MR) is 144 cm³/mol.